The average molecular weight is 514 g/mol. The highest BCUT2D eigenvalue weighted by Gasteiger charge is 2.24. The summed E-state index contributed by atoms with van der Waals surface area (Å²) in [5.41, 5.74) is 3.11. The number of rotatable bonds is 13. The zero-order valence-corrected chi connectivity index (χ0v) is 21.2. The predicted molar refractivity (Wildman–Crippen MR) is 147 cm³/mol. The van der Waals surface area contributed by atoms with Crippen LogP contribution in [0.5, 0.6) is 0 Å². The lowest BCUT2D eigenvalue weighted by Gasteiger charge is -2.22. The standard InChI is InChI=1S/C31H31NO6/c1-36-21-37-20-27(18-26(31(34)35)12-7-10-22-8-3-2-4-9-22)32-30(33)24-16-14-23(15-17-24)29-19-25-11-5-6-13-28(25)38-29/h2-11,13-17,19,26-27H,12,18,20-21H2,1H3,(H,32,33)(H,34,35)/b10-7+/t26-,27-/m0/s1. The lowest BCUT2D eigenvalue weighted by molar-refractivity contribution is -0.142. The van der Waals surface area contributed by atoms with Gasteiger partial charge in [0.05, 0.1) is 18.6 Å². The monoisotopic (exact) mass is 513 g/mol. The number of allylic oxidation sites excluding steroid dienone is 1. The molecule has 0 aliphatic rings. The summed E-state index contributed by atoms with van der Waals surface area (Å²) in [6, 6.07) is 26.0. The number of carbonyl (C=O) groups excluding carboxylic acids is 1. The van der Waals surface area contributed by atoms with Crippen molar-refractivity contribution in [3.63, 3.8) is 0 Å². The van der Waals surface area contributed by atoms with Gasteiger partial charge in [-0.2, -0.15) is 0 Å². The molecule has 1 heterocycles. The summed E-state index contributed by atoms with van der Waals surface area (Å²) in [5.74, 6) is -1.21. The van der Waals surface area contributed by atoms with E-state index >= 15 is 0 Å². The number of hydrogen-bond donors (Lipinski definition) is 2. The Morgan fingerprint density at radius 3 is 2.45 bits per heavy atom. The van der Waals surface area contributed by atoms with Gasteiger partial charge in [0, 0.05) is 23.6 Å². The Labute approximate surface area is 221 Å². The van der Waals surface area contributed by atoms with E-state index in [0.29, 0.717) is 12.0 Å². The van der Waals surface area contributed by atoms with Gasteiger partial charge in [0.25, 0.3) is 5.91 Å². The molecule has 2 atom stereocenters. The Morgan fingerprint density at radius 2 is 1.74 bits per heavy atom. The number of carboxylic acid groups (broad SMARTS) is 1. The molecule has 0 aliphatic carbocycles. The number of ether oxygens (including phenoxy) is 2. The molecule has 0 spiro atoms. The number of carboxylic acids is 1. The Hall–Kier alpha value is -4.20. The number of para-hydroxylation sites is 1. The van der Waals surface area contributed by atoms with Crippen LogP contribution in [0.2, 0.25) is 0 Å². The third-order valence-electron chi connectivity index (χ3n) is 6.16. The van der Waals surface area contributed by atoms with E-state index < -0.39 is 17.9 Å². The van der Waals surface area contributed by atoms with E-state index in [0.717, 1.165) is 27.9 Å². The molecule has 0 bridgehead atoms. The van der Waals surface area contributed by atoms with E-state index in [9.17, 15) is 14.7 Å². The van der Waals surface area contributed by atoms with Crippen LogP contribution in [0.4, 0.5) is 0 Å². The number of furan rings is 1. The molecule has 3 aromatic carbocycles. The molecule has 0 unspecified atom stereocenters. The number of amides is 1. The minimum Gasteiger partial charge on any atom is -0.481 e. The molecule has 1 aromatic heterocycles. The van der Waals surface area contributed by atoms with E-state index in [4.69, 9.17) is 13.9 Å². The van der Waals surface area contributed by atoms with Crippen LogP contribution in [0, 0.1) is 5.92 Å². The van der Waals surface area contributed by atoms with E-state index in [1.807, 2.05) is 84.9 Å². The number of carbonyl (C=O) groups is 2. The van der Waals surface area contributed by atoms with Crippen molar-refractivity contribution in [2.45, 2.75) is 18.9 Å². The van der Waals surface area contributed by atoms with Crippen LogP contribution >= 0.6 is 0 Å². The lowest BCUT2D eigenvalue weighted by Crippen LogP contribution is -2.40. The Kier molecular flexibility index (Phi) is 9.45. The van der Waals surface area contributed by atoms with Gasteiger partial charge in [0.15, 0.2) is 0 Å². The third kappa shape index (κ3) is 7.41. The topological polar surface area (TPSA) is 98.0 Å². The van der Waals surface area contributed by atoms with Gasteiger partial charge in [-0.25, -0.2) is 0 Å². The highest BCUT2D eigenvalue weighted by atomic mass is 16.7. The number of nitrogens with one attached hydrogen (secondary N) is 1. The Bertz CT molecular complexity index is 1330. The Morgan fingerprint density at radius 1 is 1.00 bits per heavy atom. The zero-order chi connectivity index (χ0) is 26.7. The van der Waals surface area contributed by atoms with Crippen molar-refractivity contribution >= 4 is 28.9 Å². The van der Waals surface area contributed by atoms with E-state index in [1.54, 1.807) is 12.1 Å². The first kappa shape index (κ1) is 26.9. The molecule has 7 heteroatoms. The lowest BCUT2D eigenvalue weighted by atomic mass is 9.96. The van der Waals surface area contributed by atoms with E-state index in [2.05, 4.69) is 5.32 Å². The first-order valence-corrected chi connectivity index (χ1v) is 12.4. The second kappa shape index (κ2) is 13.4. The van der Waals surface area contributed by atoms with Gasteiger partial charge in [-0.05, 0) is 42.7 Å². The summed E-state index contributed by atoms with van der Waals surface area (Å²) in [6.45, 7) is 0.174. The first-order chi connectivity index (χ1) is 18.5. The van der Waals surface area contributed by atoms with Crippen molar-refractivity contribution in [2.75, 3.05) is 20.5 Å². The molecule has 7 nitrogen and oxygen atoms in total. The summed E-state index contributed by atoms with van der Waals surface area (Å²) < 4.78 is 16.3. The average Bonchev–Trinajstić information content (AvgIpc) is 3.37. The summed E-state index contributed by atoms with van der Waals surface area (Å²) in [7, 11) is 1.51. The number of benzene rings is 3. The van der Waals surface area contributed by atoms with Gasteiger partial charge >= 0.3 is 5.97 Å². The van der Waals surface area contributed by atoms with Crippen molar-refractivity contribution in [2.24, 2.45) is 5.92 Å². The molecule has 2 N–H and O–H groups in total. The second-order valence-electron chi connectivity index (χ2n) is 8.99. The molecule has 0 fully saturated rings. The number of aliphatic carboxylic acids is 1. The molecule has 0 aliphatic heterocycles. The highest BCUT2D eigenvalue weighted by Crippen LogP contribution is 2.28. The van der Waals surface area contributed by atoms with Gasteiger partial charge in [0.1, 0.15) is 18.1 Å². The molecular formula is C31H31NO6. The molecule has 0 saturated heterocycles. The third-order valence-corrected chi connectivity index (χ3v) is 6.16. The summed E-state index contributed by atoms with van der Waals surface area (Å²) in [5, 5.41) is 13.8. The summed E-state index contributed by atoms with van der Waals surface area (Å²) >= 11 is 0. The van der Waals surface area contributed by atoms with Gasteiger partial charge in [-0.1, -0.05) is 72.8 Å². The van der Waals surface area contributed by atoms with Crippen LogP contribution in [0.3, 0.4) is 0 Å². The fourth-order valence-electron chi connectivity index (χ4n) is 4.19. The van der Waals surface area contributed by atoms with Crippen LogP contribution in [0.1, 0.15) is 28.8 Å². The maximum absolute atomic E-state index is 13.0. The fraction of sp³-hybridized carbons (Fsp3) is 0.226. The molecule has 38 heavy (non-hydrogen) atoms. The van der Waals surface area contributed by atoms with Gasteiger partial charge < -0.3 is 24.3 Å². The number of hydrogen-bond acceptors (Lipinski definition) is 5. The summed E-state index contributed by atoms with van der Waals surface area (Å²) in [6.07, 6.45) is 4.28. The van der Waals surface area contributed by atoms with Crippen LogP contribution in [0.15, 0.2) is 95.4 Å². The van der Waals surface area contributed by atoms with Gasteiger partial charge in [-0.3, -0.25) is 9.59 Å². The fourth-order valence-corrected chi connectivity index (χ4v) is 4.19. The van der Waals surface area contributed by atoms with Gasteiger partial charge in [-0.15, -0.1) is 0 Å². The van der Waals surface area contributed by atoms with Crippen molar-refractivity contribution < 1.29 is 28.6 Å². The molecule has 1 amide bonds. The normalized spacial score (nSPS) is 13.0. The second-order valence-corrected chi connectivity index (χ2v) is 8.99. The van der Waals surface area contributed by atoms with Crippen LogP contribution < -0.4 is 5.32 Å². The van der Waals surface area contributed by atoms with E-state index in [-0.39, 0.29) is 25.7 Å². The quantitative estimate of drug-likeness (QED) is 0.168. The predicted octanol–water partition coefficient (Wildman–Crippen LogP) is 6.01. The van der Waals surface area contributed by atoms with Crippen molar-refractivity contribution in [3.05, 3.63) is 102 Å². The van der Waals surface area contributed by atoms with Crippen LogP contribution in [0.25, 0.3) is 28.4 Å². The Balaban J connectivity index is 1.42. The molecule has 4 rings (SSSR count). The minimum atomic E-state index is -0.927. The van der Waals surface area contributed by atoms with Crippen molar-refractivity contribution in [3.8, 4) is 11.3 Å². The van der Waals surface area contributed by atoms with Crippen LogP contribution in [-0.4, -0.2) is 43.5 Å². The smallest absolute Gasteiger partial charge is 0.306 e. The largest absolute Gasteiger partial charge is 0.481 e. The molecular weight excluding hydrogens is 482 g/mol. The molecule has 4 aromatic rings. The zero-order valence-electron chi connectivity index (χ0n) is 21.2. The van der Waals surface area contributed by atoms with Crippen molar-refractivity contribution in [1.82, 2.24) is 5.32 Å². The summed E-state index contributed by atoms with van der Waals surface area (Å²) in [4.78, 5) is 25.0. The number of fused-ring (bicyclic) bond motifs is 1. The van der Waals surface area contributed by atoms with Crippen LogP contribution in [-0.2, 0) is 14.3 Å². The SMILES string of the molecule is COCOC[C@H](C[C@H](C/C=C/c1ccccc1)C(=O)O)NC(=O)c1ccc(-c2cc3ccccc3o2)cc1. The number of methoxy groups -OCH3 is 1. The molecule has 196 valence electrons. The first-order valence-electron chi connectivity index (χ1n) is 12.4. The van der Waals surface area contributed by atoms with Gasteiger partial charge in [0.2, 0.25) is 0 Å². The maximum Gasteiger partial charge on any atom is 0.306 e. The maximum atomic E-state index is 13.0. The highest BCUT2D eigenvalue weighted by molar-refractivity contribution is 5.95. The molecule has 0 saturated carbocycles. The minimum absolute atomic E-state index is 0.0458. The van der Waals surface area contributed by atoms with E-state index in [1.165, 1.54) is 7.11 Å². The van der Waals surface area contributed by atoms with Crippen molar-refractivity contribution in [1.29, 1.82) is 0 Å². The molecule has 0 radical (unpaired) electrons.